The predicted molar refractivity (Wildman–Crippen MR) is 108 cm³/mol. The number of rotatable bonds is 4. The van der Waals surface area contributed by atoms with E-state index in [1.54, 1.807) is 11.8 Å². The summed E-state index contributed by atoms with van der Waals surface area (Å²) in [5, 5.41) is 3.89. The first-order valence-electron chi connectivity index (χ1n) is 10.0. The average molecular weight is 350 g/mol. The van der Waals surface area contributed by atoms with Gasteiger partial charge in [-0.1, -0.05) is 58.8 Å². The van der Waals surface area contributed by atoms with Crippen LogP contribution in [0.15, 0.2) is 28.9 Å². The average Bonchev–Trinajstić information content (AvgIpc) is 3.21. The van der Waals surface area contributed by atoms with Gasteiger partial charge < -0.3 is 4.52 Å². The number of aromatic nitrogens is 1. The van der Waals surface area contributed by atoms with Gasteiger partial charge in [-0.3, -0.25) is 0 Å². The van der Waals surface area contributed by atoms with E-state index in [1.165, 1.54) is 41.5 Å². The van der Waals surface area contributed by atoms with Gasteiger partial charge in [0.1, 0.15) is 0 Å². The van der Waals surface area contributed by atoms with Crippen molar-refractivity contribution in [2.24, 2.45) is 5.92 Å². The van der Waals surface area contributed by atoms with Crippen molar-refractivity contribution in [2.45, 2.75) is 77.6 Å². The van der Waals surface area contributed by atoms with Crippen LogP contribution in [0.1, 0.15) is 94.7 Å². The Bertz CT molecular complexity index is 849. The molecule has 2 heteroatoms. The largest absolute Gasteiger partial charge is 0.357 e. The molecule has 26 heavy (non-hydrogen) atoms. The zero-order chi connectivity index (χ0) is 18.7. The molecule has 0 saturated heterocycles. The van der Waals surface area contributed by atoms with Gasteiger partial charge in [0.15, 0.2) is 5.76 Å². The van der Waals surface area contributed by atoms with E-state index in [0.717, 1.165) is 5.76 Å². The Morgan fingerprint density at radius 1 is 1.12 bits per heavy atom. The highest BCUT2D eigenvalue weighted by molar-refractivity contribution is 5.85. The van der Waals surface area contributed by atoms with Gasteiger partial charge in [0.2, 0.25) is 0 Å². The van der Waals surface area contributed by atoms with Crippen LogP contribution in [-0.4, -0.2) is 5.16 Å². The molecule has 0 amide bonds. The fourth-order valence-corrected chi connectivity index (χ4v) is 5.02. The third kappa shape index (κ3) is 2.94. The standard InChI is InChI=1S/C24H31NO/c1-15(2)18-12-21-22(24(5,6)14-23(21,3)4)13-20(18)19(16-7-8-16)11-17-9-10-25-26-17/h9-13,15-16H,7-8,14H2,1-6H3. The molecule has 2 aliphatic rings. The molecule has 2 aliphatic carbocycles. The lowest BCUT2D eigenvalue weighted by Gasteiger charge is -2.23. The fraction of sp³-hybridized carbons (Fsp3) is 0.542. The zero-order valence-electron chi connectivity index (χ0n) is 17.0. The Morgan fingerprint density at radius 2 is 1.77 bits per heavy atom. The quantitative estimate of drug-likeness (QED) is 0.613. The van der Waals surface area contributed by atoms with Gasteiger partial charge in [-0.05, 0) is 75.8 Å². The maximum absolute atomic E-state index is 5.40. The van der Waals surface area contributed by atoms with Crippen LogP contribution in [0.25, 0.3) is 11.6 Å². The number of nitrogens with zero attached hydrogens (tertiary/aromatic N) is 1. The monoisotopic (exact) mass is 349 g/mol. The highest BCUT2D eigenvalue weighted by Gasteiger charge is 2.43. The second-order valence-corrected chi connectivity index (χ2v) is 9.87. The van der Waals surface area contributed by atoms with Crippen molar-refractivity contribution in [1.82, 2.24) is 5.16 Å². The summed E-state index contributed by atoms with van der Waals surface area (Å²) in [6.45, 7) is 14.2. The van der Waals surface area contributed by atoms with Crippen molar-refractivity contribution >= 4 is 11.6 Å². The Balaban J connectivity index is 1.93. The highest BCUT2D eigenvalue weighted by atomic mass is 16.5. The van der Waals surface area contributed by atoms with Crippen LogP contribution in [0.3, 0.4) is 0 Å². The third-order valence-corrected chi connectivity index (χ3v) is 6.24. The first-order chi connectivity index (χ1) is 12.2. The smallest absolute Gasteiger partial charge is 0.159 e. The van der Waals surface area contributed by atoms with Crippen molar-refractivity contribution in [1.29, 1.82) is 0 Å². The van der Waals surface area contributed by atoms with Gasteiger partial charge in [-0.25, -0.2) is 0 Å². The van der Waals surface area contributed by atoms with Crippen LogP contribution in [0, 0.1) is 5.92 Å². The van der Waals surface area contributed by atoms with Crippen molar-refractivity contribution in [3.05, 3.63) is 52.4 Å². The van der Waals surface area contributed by atoms with E-state index >= 15 is 0 Å². The summed E-state index contributed by atoms with van der Waals surface area (Å²) >= 11 is 0. The van der Waals surface area contributed by atoms with Gasteiger partial charge >= 0.3 is 0 Å². The minimum Gasteiger partial charge on any atom is -0.357 e. The van der Waals surface area contributed by atoms with Gasteiger partial charge in [0, 0.05) is 6.07 Å². The highest BCUT2D eigenvalue weighted by Crippen LogP contribution is 2.53. The Kier molecular flexibility index (Phi) is 3.95. The summed E-state index contributed by atoms with van der Waals surface area (Å²) in [6.07, 6.45) is 7.73. The molecule has 4 rings (SSSR count). The van der Waals surface area contributed by atoms with Crippen LogP contribution in [-0.2, 0) is 10.8 Å². The van der Waals surface area contributed by atoms with E-state index in [-0.39, 0.29) is 10.8 Å². The molecule has 1 saturated carbocycles. The first-order valence-corrected chi connectivity index (χ1v) is 10.0. The van der Waals surface area contributed by atoms with E-state index in [9.17, 15) is 0 Å². The molecule has 0 aliphatic heterocycles. The van der Waals surface area contributed by atoms with Crippen molar-refractivity contribution in [2.75, 3.05) is 0 Å². The van der Waals surface area contributed by atoms with Crippen LogP contribution in [0.4, 0.5) is 0 Å². The molecule has 0 unspecified atom stereocenters. The molecule has 0 bridgehead atoms. The van der Waals surface area contributed by atoms with Crippen molar-refractivity contribution < 1.29 is 4.52 Å². The lowest BCUT2D eigenvalue weighted by Crippen LogP contribution is -2.18. The van der Waals surface area contributed by atoms with E-state index < -0.39 is 0 Å². The van der Waals surface area contributed by atoms with E-state index in [0.29, 0.717) is 11.8 Å². The fourth-order valence-electron chi connectivity index (χ4n) is 5.02. The summed E-state index contributed by atoms with van der Waals surface area (Å²) < 4.78 is 5.40. The van der Waals surface area contributed by atoms with Crippen LogP contribution < -0.4 is 0 Å². The number of allylic oxidation sites excluding steroid dienone is 1. The van der Waals surface area contributed by atoms with Crippen LogP contribution in [0.2, 0.25) is 0 Å². The topological polar surface area (TPSA) is 26.0 Å². The number of fused-ring (bicyclic) bond motifs is 1. The van der Waals surface area contributed by atoms with Crippen LogP contribution in [0.5, 0.6) is 0 Å². The molecular weight excluding hydrogens is 318 g/mol. The molecule has 1 heterocycles. The molecule has 1 fully saturated rings. The second kappa shape index (κ2) is 5.84. The SMILES string of the molecule is CC(C)c1cc2c(cc1C(=Cc1ccno1)C1CC1)C(C)(C)CC2(C)C. The number of hydrogen-bond acceptors (Lipinski definition) is 2. The molecule has 0 spiro atoms. The lowest BCUT2D eigenvalue weighted by molar-refractivity contribution is 0.403. The molecule has 0 radical (unpaired) electrons. The van der Waals surface area contributed by atoms with Crippen molar-refractivity contribution in [3.8, 4) is 0 Å². The summed E-state index contributed by atoms with van der Waals surface area (Å²) in [4.78, 5) is 0. The van der Waals surface area contributed by atoms with E-state index in [4.69, 9.17) is 4.52 Å². The summed E-state index contributed by atoms with van der Waals surface area (Å²) in [5.74, 6) is 2.03. The minimum absolute atomic E-state index is 0.226. The molecule has 2 aromatic rings. The van der Waals surface area contributed by atoms with Gasteiger partial charge in [0.25, 0.3) is 0 Å². The van der Waals surface area contributed by atoms with Gasteiger partial charge in [-0.15, -0.1) is 0 Å². The Morgan fingerprint density at radius 3 is 2.31 bits per heavy atom. The summed E-state index contributed by atoms with van der Waals surface area (Å²) in [7, 11) is 0. The molecule has 1 aromatic heterocycles. The third-order valence-electron chi connectivity index (χ3n) is 6.24. The normalized spacial score (nSPS) is 21.3. The van der Waals surface area contributed by atoms with Gasteiger partial charge in [0.05, 0.1) is 6.20 Å². The lowest BCUT2D eigenvalue weighted by atomic mass is 9.81. The van der Waals surface area contributed by atoms with E-state index in [2.05, 4.69) is 64.9 Å². The second-order valence-electron chi connectivity index (χ2n) is 9.87. The summed E-state index contributed by atoms with van der Waals surface area (Å²) in [6, 6.07) is 6.98. The molecule has 0 N–H and O–H groups in total. The molecular formula is C24H31NO. The maximum Gasteiger partial charge on any atom is 0.159 e. The molecule has 0 atom stereocenters. The number of hydrogen-bond donors (Lipinski definition) is 0. The molecule has 138 valence electrons. The van der Waals surface area contributed by atoms with Crippen LogP contribution >= 0.6 is 0 Å². The Hall–Kier alpha value is -1.83. The van der Waals surface area contributed by atoms with E-state index in [1.807, 2.05) is 6.07 Å². The molecule has 1 aromatic carbocycles. The number of benzene rings is 1. The molecule has 2 nitrogen and oxygen atoms in total. The maximum atomic E-state index is 5.40. The summed E-state index contributed by atoms with van der Waals surface area (Å²) in [5.41, 5.74) is 7.90. The first kappa shape index (κ1) is 17.6. The predicted octanol–water partition coefficient (Wildman–Crippen LogP) is 6.71. The van der Waals surface area contributed by atoms with Crippen molar-refractivity contribution in [3.63, 3.8) is 0 Å². The zero-order valence-corrected chi connectivity index (χ0v) is 17.0. The Labute approximate surface area is 157 Å². The van der Waals surface area contributed by atoms with Gasteiger partial charge in [-0.2, -0.15) is 0 Å². The minimum atomic E-state index is 0.226.